The van der Waals surface area contributed by atoms with Crippen LogP contribution in [0.15, 0.2) is 30.5 Å². The first-order valence-electron chi connectivity index (χ1n) is 13.6. The Morgan fingerprint density at radius 1 is 1.05 bits per heavy atom. The predicted octanol–water partition coefficient (Wildman–Crippen LogP) is 3.63. The number of anilines is 1. The summed E-state index contributed by atoms with van der Waals surface area (Å²) in [4.78, 5) is 35.1. The van der Waals surface area contributed by atoms with Crippen molar-refractivity contribution in [2.75, 3.05) is 51.0 Å². The van der Waals surface area contributed by atoms with Gasteiger partial charge in [-0.25, -0.2) is 19.3 Å². The van der Waals surface area contributed by atoms with Gasteiger partial charge < -0.3 is 29.0 Å². The van der Waals surface area contributed by atoms with E-state index in [9.17, 15) is 9.18 Å². The van der Waals surface area contributed by atoms with E-state index >= 15 is 0 Å². The Hall–Kier alpha value is -3.41. The van der Waals surface area contributed by atoms with Gasteiger partial charge in [-0.15, -0.1) is 0 Å². The number of nitrogens with one attached hydrogen (secondary N) is 1. The van der Waals surface area contributed by atoms with E-state index in [0.29, 0.717) is 43.8 Å². The topological polar surface area (TPSA) is 106 Å². The highest BCUT2D eigenvalue weighted by molar-refractivity contribution is 5.83. The lowest BCUT2D eigenvalue weighted by Gasteiger charge is -2.40. The number of hydrogen-bond donors (Lipinski definition) is 1. The number of imidazole rings is 1. The maximum absolute atomic E-state index is 13.8. The average Bonchev–Trinajstić information content (AvgIpc) is 3.44. The number of carbonyl (C=O) groups excluding carboxylic acids is 1. The molecule has 204 valence electrons. The Balaban J connectivity index is 1.20. The van der Waals surface area contributed by atoms with Gasteiger partial charge in [-0.3, -0.25) is 4.79 Å². The molecule has 3 fully saturated rings. The third-order valence-corrected chi connectivity index (χ3v) is 8.14. The second kappa shape index (κ2) is 9.65. The summed E-state index contributed by atoms with van der Waals surface area (Å²) in [5, 5.41) is 0. The fraction of sp³-hybridized carbons (Fsp3) is 0.500. The van der Waals surface area contributed by atoms with Crippen LogP contribution < -0.4 is 4.90 Å². The fourth-order valence-electron chi connectivity index (χ4n) is 5.99. The molecule has 1 N–H and O–H groups in total. The van der Waals surface area contributed by atoms with Crippen molar-refractivity contribution in [1.82, 2.24) is 24.8 Å². The van der Waals surface area contributed by atoms with Gasteiger partial charge in [-0.1, -0.05) is 0 Å². The van der Waals surface area contributed by atoms with Crippen LogP contribution in [0.5, 0.6) is 0 Å². The van der Waals surface area contributed by atoms with Crippen LogP contribution in [0, 0.1) is 11.2 Å². The molecule has 5 aliphatic heterocycles. The smallest absolute Gasteiger partial charge is 0.233 e. The number of carbonyl (C=O) groups is 1. The number of aromatic nitrogens is 4. The zero-order valence-corrected chi connectivity index (χ0v) is 21.9. The molecule has 1 unspecified atom stereocenters. The molecule has 1 amide bonds. The zero-order chi connectivity index (χ0) is 26.6. The molecule has 2 bridgehead atoms. The highest BCUT2D eigenvalue weighted by Crippen LogP contribution is 2.44. The minimum atomic E-state index is -0.789. The molecule has 5 aliphatic rings. The molecule has 0 aliphatic carbocycles. The van der Waals surface area contributed by atoms with Crippen molar-refractivity contribution in [3.05, 3.63) is 47.7 Å². The van der Waals surface area contributed by atoms with Crippen LogP contribution in [-0.2, 0) is 19.0 Å². The number of piperidine rings is 1. The summed E-state index contributed by atoms with van der Waals surface area (Å²) < 4.78 is 31.4. The number of fused-ring (bicyclic) bond motifs is 2. The Morgan fingerprint density at radius 2 is 1.82 bits per heavy atom. The van der Waals surface area contributed by atoms with Crippen molar-refractivity contribution in [3.63, 3.8) is 0 Å². The molecule has 1 aromatic carbocycles. The van der Waals surface area contributed by atoms with Crippen molar-refractivity contribution in [2.45, 2.75) is 38.5 Å². The minimum absolute atomic E-state index is 0.00807. The molecule has 0 radical (unpaired) electrons. The van der Waals surface area contributed by atoms with E-state index in [4.69, 9.17) is 24.2 Å². The number of aromatic amines is 1. The Labute approximate surface area is 225 Å². The maximum Gasteiger partial charge on any atom is 0.233 e. The highest BCUT2D eigenvalue weighted by Gasteiger charge is 2.43. The number of hydrogen-bond acceptors (Lipinski definition) is 8. The molecule has 7 heterocycles. The number of ether oxygens (including phenoxy) is 3. The van der Waals surface area contributed by atoms with E-state index in [-0.39, 0.29) is 31.0 Å². The molecule has 2 aromatic heterocycles. The van der Waals surface area contributed by atoms with Crippen molar-refractivity contribution in [2.24, 2.45) is 5.41 Å². The lowest BCUT2D eigenvalue weighted by Crippen LogP contribution is -2.53. The van der Waals surface area contributed by atoms with Crippen LogP contribution in [0.25, 0.3) is 22.6 Å². The summed E-state index contributed by atoms with van der Waals surface area (Å²) in [6.07, 6.45) is 4.47. The average molecular weight is 535 g/mol. The van der Waals surface area contributed by atoms with Crippen LogP contribution in [-0.4, -0.2) is 76.8 Å². The normalized spacial score (nSPS) is 26.5. The second-order valence-corrected chi connectivity index (χ2v) is 11.0. The highest BCUT2D eigenvalue weighted by atomic mass is 19.1. The first-order chi connectivity index (χ1) is 19.0. The van der Waals surface area contributed by atoms with E-state index in [1.54, 1.807) is 12.1 Å². The standard InChI is InChI=1S/C28H31FN6O4/c1-28(26(36)34-10-12-37-13-11-34)15-38-25(39-16-28)24-31-21(17-5-7-18(29)8-6-17)23(32-24)22-19-14-30-27(33-22)35-9-3-2-4-20(19)35/h5-8,14,20,25H,2-4,9-13,15-16H2,1H3,(H,31,32). The first kappa shape index (κ1) is 24.6. The summed E-state index contributed by atoms with van der Waals surface area (Å²) in [7, 11) is 0. The van der Waals surface area contributed by atoms with Gasteiger partial charge in [0, 0.05) is 37.0 Å². The van der Waals surface area contributed by atoms with Gasteiger partial charge in [0.1, 0.15) is 5.82 Å². The van der Waals surface area contributed by atoms with Crippen molar-refractivity contribution in [1.29, 1.82) is 0 Å². The number of benzene rings is 1. The number of morpholine rings is 1. The van der Waals surface area contributed by atoms with Crippen LogP contribution in [0.2, 0.25) is 0 Å². The zero-order valence-electron chi connectivity index (χ0n) is 21.9. The molecule has 11 heteroatoms. The van der Waals surface area contributed by atoms with Gasteiger partial charge in [0.05, 0.1) is 55.0 Å². The molecule has 39 heavy (non-hydrogen) atoms. The van der Waals surface area contributed by atoms with E-state index in [2.05, 4.69) is 14.9 Å². The Morgan fingerprint density at radius 3 is 2.59 bits per heavy atom. The van der Waals surface area contributed by atoms with Gasteiger partial charge in [-0.05, 0) is 50.5 Å². The van der Waals surface area contributed by atoms with Gasteiger partial charge in [0.25, 0.3) is 0 Å². The summed E-state index contributed by atoms with van der Waals surface area (Å²) in [6.45, 7) is 5.45. The van der Waals surface area contributed by atoms with Gasteiger partial charge >= 0.3 is 0 Å². The van der Waals surface area contributed by atoms with Crippen molar-refractivity contribution in [3.8, 4) is 22.6 Å². The van der Waals surface area contributed by atoms with Crippen molar-refractivity contribution < 1.29 is 23.4 Å². The molecule has 0 saturated carbocycles. The van der Waals surface area contributed by atoms with E-state index in [1.165, 1.54) is 12.1 Å². The number of amides is 1. The Kier molecular flexibility index (Phi) is 6.09. The monoisotopic (exact) mass is 534 g/mol. The number of nitrogens with zero attached hydrogens (tertiary/aromatic N) is 5. The summed E-state index contributed by atoms with van der Waals surface area (Å²) >= 11 is 0. The van der Waals surface area contributed by atoms with Crippen LogP contribution in [0.3, 0.4) is 0 Å². The van der Waals surface area contributed by atoms with Gasteiger partial charge in [-0.2, -0.15) is 0 Å². The quantitative estimate of drug-likeness (QED) is 0.541. The van der Waals surface area contributed by atoms with Crippen LogP contribution >= 0.6 is 0 Å². The molecule has 3 saturated heterocycles. The molecular formula is C28H31FN6O4. The number of rotatable bonds is 4. The summed E-state index contributed by atoms with van der Waals surface area (Å²) in [5.74, 6) is 0.891. The fourth-order valence-corrected chi connectivity index (χ4v) is 5.99. The molecule has 1 atom stereocenters. The van der Waals surface area contributed by atoms with Crippen LogP contribution in [0.1, 0.15) is 49.9 Å². The van der Waals surface area contributed by atoms with Gasteiger partial charge in [0.2, 0.25) is 18.1 Å². The Bertz CT molecular complexity index is 1380. The van der Waals surface area contributed by atoms with Gasteiger partial charge in [0.15, 0.2) is 5.82 Å². The maximum atomic E-state index is 13.8. The second-order valence-electron chi connectivity index (χ2n) is 11.0. The molecular weight excluding hydrogens is 503 g/mol. The van der Waals surface area contributed by atoms with E-state index < -0.39 is 11.7 Å². The predicted molar refractivity (Wildman–Crippen MR) is 139 cm³/mol. The lowest BCUT2D eigenvalue weighted by atomic mass is 9.90. The summed E-state index contributed by atoms with van der Waals surface area (Å²) in [5.41, 5.74) is 3.18. The third kappa shape index (κ3) is 4.29. The SMILES string of the molecule is CC1(C(=O)N2CCOCC2)COC(c2nc(-c3ccc(F)cc3)c(-c3nc4ncc3C3CCCCN43)[nH]2)OC1. The lowest BCUT2D eigenvalue weighted by molar-refractivity contribution is -0.235. The van der Waals surface area contributed by atoms with Crippen LogP contribution in [0.4, 0.5) is 10.3 Å². The van der Waals surface area contributed by atoms with E-state index in [1.807, 2.05) is 18.0 Å². The molecule has 3 aromatic rings. The minimum Gasteiger partial charge on any atom is -0.378 e. The molecule has 10 nitrogen and oxygen atoms in total. The largest absolute Gasteiger partial charge is 0.378 e. The summed E-state index contributed by atoms with van der Waals surface area (Å²) in [6, 6.07) is 6.50. The molecule has 0 spiro atoms. The number of halogens is 1. The van der Waals surface area contributed by atoms with Crippen molar-refractivity contribution >= 4 is 11.9 Å². The van der Waals surface area contributed by atoms with E-state index in [0.717, 1.165) is 48.3 Å². The molecule has 8 rings (SSSR count). The third-order valence-electron chi connectivity index (χ3n) is 8.14. The first-order valence-corrected chi connectivity index (χ1v) is 13.6. The number of H-pyrrole nitrogens is 1.